The van der Waals surface area contributed by atoms with Gasteiger partial charge < -0.3 is 5.73 Å². The molecule has 1 fully saturated rings. The van der Waals surface area contributed by atoms with Crippen molar-refractivity contribution < 1.29 is 19.2 Å². The Bertz CT molecular complexity index is 601. The number of nitrogens with one attached hydrogen (secondary N) is 1. The first-order valence-electron chi connectivity index (χ1n) is 6.20. The molecule has 8 nitrogen and oxygen atoms in total. The van der Waals surface area contributed by atoms with Crippen molar-refractivity contribution in [3.8, 4) is 0 Å². The molecule has 1 aliphatic heterocycles. The molecule has 1 atom stereocenters. The van der Waals surface area contributed by atoms with Crippen molar-refractivity contribution in [3.63, 3.8) is 0 Å². The fourth-order valence-electron chi connectivity index (χ4n) is 2.11. The fraction of sp³-hybridized carbons (Fsp3) is 0.231. The van der Waals surface area contributed by atoms with Crippen LogP contribution in [0.1, 0.15) is 6.92 Å². The van der Waals surface area contributed by atoms with Gasteiger partial charge in [-0.15, -0.1) is 0 Å². The van der Waals surface area contributed by atoms with Gasteiger partial charge in [0, 0.05) is 5.69 Å². The summed E-state index contributed by atoms with van der Waals surface area (Å²) in [5, 5.41) is 1.82. The third-order valence-corrected chi connectivity index (χ3v) is 3.05. The smallest absolute Gasteiger partial charge is 0.332 e. The second-order valence-corrected chi connectivity index (χ2v) is 4.50. The van der Waals surface area contributed by atoms with E-state index in [-0.39, 0.29) is 0 Å². The van der Waals surface area contributed by atoms with Gasteiger partial charge in [-0.25, -0.2) is 9.59 Å². The summed E-state index contributed by atoms with van der Waals surface area (Å²) < 4.78 is 0. The Morgan fingerprint density at radius 2 is 1.86 bits per heavy atom. The van der Waals surface area contributed by atoms with Crippen molar-refractivity contribution in [3.05, 3.63) is 30.3 Å². The van der Waals surface area contributed by atoms with E-state index in [1.165, 1.54) is 4.90 Å². The SMILES string of the molecule is CC1C(=O)N(CC(=O)NC(N)=O)C(=O)N1c1ccccc1. The second-order valence-electron chi connectivity index (χ2n) is 4.50. The van der Waals surface area contributed by atoms with E-state index in [1.807, 2.05) is 5.32 Å². The summed E-state index contributed by atoms with van der Waals surface area (Å²) in [5.74, 6) is -1.32. The largest absolute Gasteiger partial charge is 0.351 e. The van der Waals surface area contributed by atoms with Gasteiger partial charge in [0.05, 0.1) is 0 Å². The molecule has 3 N–H and O–H groups in total. The monoisotopic (exact) mass is 290 g/mol. The highest BCUT2D eigenvalue weighted by Gasteiger charge is 2.43. The van der Waals surface area contributed by atoms with Gasteiger partial charge >= 0.3 is 12.1 Å². The van der Waals surface area contributed by atoms with Crippen LogP contribution in [0.25, 0.3) is 0 Å². The van der Waals surface area contributed by atoms with Crippen molar-refractivity contribution >= 4 is 29.6 Å². The van der Waals surface area contributed by atoms with Crippen LogP contribution in [0, 0.1) is 0 Å². The summed E-state index contributed by atoms with van der Waals surface area (Å²) in [6.07, 6.45) is 0. The van der Waals surface area contributed by atoms with Crippen LogP contribution < -0.4 is 16.0 Å². The average Bonchev–Trinajstić information content (AvgIpc) is 2.63. The Hall–Kier alpha value is -2.90. The molecule has 6 amide bonds. The summed E-state index contributed by atoms with van der Waals surface area (Å²) in [6, 6.07) is 6.27. The lowest BCUT2D eigenvalue weighted by Crippen LogP contribution is -2.44. The molecule has 0 aliphatic carbocycles. The zero-order valence-electron chi connectivity index (χ0n) is 11.3. The zero-order chi connectivity index (χ0) is 15.6. The van der Waals surface area contributed by atoms with Crippen molar-refractivity contribution in [2.75, 3.05) is 11.4 Å². The van der Waals surface area contributed by atoms with Gasteiger partial charge in [0.15, 0.2) is 0 Å². The molecule has 0 bridgehead atoms. The van der Waals surface area contributed by atoms with Gasteiger partial charge in [-0.05, 0) is 19.1 Å². The first kappa shape index (κ1) is 14.5. The van der Waals surface area contributed by atoms with E-state index in [1.54, 1.807) is 37.3 Å². The Labute approximate surface area is 120 Å². The van der Waals surface area contributed by atoms with Crippen LogP contribution >= 0.6 is 0 Å². The van der Waals surface area contributed by atoms with Crippen LogP contribution in [-0.2, 0) is 9.59 Å². The first-order chi connectivity index (χ1) is 9.91. The van der Waals surface area contributed by atoms with E-state index < -0.39 is 36.5 Å². The van der Waals surface area contributed by atoms with Crippen LogP contribution in [0.15, 0.2) is 30.3 Å². The van der Waals surface area contributed by atoms with Crippen molar-refractivity contribution in [2.24, 2.45) is 5.73 Å². The number of hydrogen-bond acceptors (Lipinski definition) is 4. The van der Waals surface area contributed by atoms with Crippen LogP contribution in [-0.4, -0.2) is 41.4 Å². The molecule has 1 heterocycles. The van der Waals surface area contributed by atoms with Crippen molar-refractivity contribution in [2.45, 2.75) is 13.0 Å². The Morgan fingerprint density at radius 1 is 1.24 bits per heavy atom. The van der Waals surface area contributed by atoms with Crippen LogP contribution in [0.2, 0.25) is 0 Å². The standard InChI is InChI=1S/C13H14N4O4/c1-8-11(19)16(7-10(18)15-12(14)20)13(21)17(8)9-5-3-2-4-6-9/h2-6,8H,7H2,1H3,(H3,14,15,18,20). The Kier molecular flexibility index (Phi) is 3.88. The average molecular weight is 290 g/mol. The van der Waals surface area contributed by atoms with Crippen LogP contribution in [0.4, 0.5) is 15.3 Å². The number of carbonyl (C=O) groups is 4. The predicted molar refractivity (Wildman–Crippen MR) is 73.2 cm³/mol. The van der Waals surface area contributed by atoms with Gasteiger partial charge in [-0.3, -0.25) is 24.7 Å². The minimum Gasteiger partial charge on any atom is -0.351 e. The predicted octanol–water partition coefficient (Wildman–Crippen LogP) is 0.0386. The quantitative estimate of drug-likeness (QED) is 0.765. The van der Waals surface area contributed by atoms with E-state index >= 15 is 0 Å². The number of rotatable bonds is 3. The lowest BCUT2D eigenvalue weighted by Gasteiger charge is -2.19. The number of amides is 6. The number of carbonyl (C=O) groups excluding carboxylic acids is 4. The van der Waals surface area contributed by atoms with E-state index in [4.69, 9.17) is 5.73 Å². The first-order valence-corrected chi connectivity index (χ1v) is 6.20. The molecule has 0 spiro atoms. The normalized spacial score (nSPS) is 18.0. The molecule has 1 aromatic carbocycles. The molecule has 1 saturated heterocycles. The third kappa shape index (κ3) is 2.83. The molecule has 110 valence electrons. The minimum absolute atomic E-state index is 0.511. The molecule has 1 aromatic rings. The summed E-state index contributed by atoms with van der Waals surface area (Å²) in [4.78, 5) is 48.5. The van der Waals surface area contributed by atoms with Gasteiger partial charge in [-0.2, -0.15) is 0 Å². The molecule has 1 aliphatic rings. The highest BCUT2D eigenvalue weighted by Crippen LogP contribution is 2.25. The number of benzene rings is 1. The maximum atomic E-state index is 12.3. The van der Waals surface area contributed by atoms with E-state index in [0.29, 0.717) is 5.69 Å². The zero-order valence-corrected chi connectivity index (χ0v) is 11.3. The lowest BCUT2D eigenvalue weighted by molar-refractivity contribution is -0.131. The number of urea groups is 2. The molecule has 0 saturated carbocycles. The summed E-state index contributed by atoms with van der Waals surface area (Å²) in [5.41, 5.74) is 5.37. The molecule has 0 radical (unpaired) electrons. The number of nitrogens with two attached hydrogens (primary N) is 1. The fourth-order valence-corrected chi connectivity index (χ4v) is 2.11. The molecular weight excluding hydrogens is 276 g/mol. The van der Waals surface area contributed by atoms with Crippen molar-refractivity contribution in [1.82, 2.24) is 10.2 Å². The van der Waals surface area contributed by atoms with Gasteiger partial charge in [-0.1, -0.05) is 18.2 Å². The maximum absolute atomic E-state index is 12.3. The van der Waals surface area contributed by atoms with Crippen LogP contribution in [0.3, 0.4) is 0 Å². The van der Waals surface area contributed by atoms with E-state index in [9.17, 15) is 19.2 Å². The third-order valence-electron chi connectivity index (χ3n) is 3.05. The van der Waals surface area contributed by atoms with E-state index in [0.717, 1.165) is 4.90 Å². The number of anilines is 1. The molecule has 2 rings (SSSR count). The number of primary amides is 1. The lowest BCUT2D eigenvalue weighted by atomic mass is 10.2. The number of nitrogens with zero attached hydrogens (tertiary/aromatic N) is 2. The Balaban J connectivity index is 2.19. The van der Waals surface area contributed by atoms with Crippen LogP contribution in [0.5, 0.6) is 0 Å². The number of imide groups is 2. The summed E-state index contributed by atoms with van der Waals surface area (Å²) in [6.45, 7) is 1.02. The van der Waals surface area contributed by atoms with Gasteiger partial charge in [0.2, 0.25) is 5.91 Å². The summed E-state index contributed by atoms with van der Waals surface area (Å²) in [7, 11) is 0. The second kappa shape index (κ2) is 5.61. The molecule has 0 aromatic heterocycles. The molecule has 8 heteroatoms. The molecule has 21 heavy (non-hydrogen) atoms. The van der Waals surface area contributed by atoms with Gasteiger partial charge in [0.25, 0.3) is 5.91 Å². The number of para-hydroxylation sites is 1. The highest BCUT2D eigenvalue weighted by atomic mass is 16.2. The Morgan fingerprint density at radius 3 is 2.43 bits per heavy atom. The summed E-state index contributed by atoms with van der Waals surface area (Å²) >= 11 is 0. The number of hydrogen-bond donors (Lipinski definition) is 2. The minimum atomic E-state index is -1.04. The van der Waals surface area contributed by atoms with Gasteiger partial charge in [0.1, 0.15) is 12.6 Å². The molecular formula is C13H14N4O4. The van der Waals surface area contributed by atoms with E-state index in [2.05, 4.69) is 0 Å². The maximum Gasteiger partial charge on any atom is 0.332 e. The highest BCUT2D eigenvalue weighted by molar-refractivity contribution is 6.15. The van der Waals surface area contributed by atoms with Crippen molar-refractivity contribution in [1.29, 1.82) is 0 Å². The molecule has 1 unspecified atom stereocenters. The topological polar surface area (TPSA) is 113 Å².